The zero-order valence-electron chi connectivity index (χ0n) is 18.1. The van der Waals surface area contributed by atoms with E-state index >= 15 is 0 Å². The highest BCUT2D eigenvalue weighted by Crippen LogP contribution is 2.55. The Kier molecular flexibility index (Phi) is 5.05. The van der Waals surface area contributed by atoms with Crippen molar-refractivity contribution >= 4 is 22.4 Å². The van der Waals surface area contributed by atoms with Crippen molar-refractivity contribution in [2.75, 3.05) is 11.9 Å². The van der Waals surface area contributed by atoms with E-state index in [0.29, 0.717) is 18.2 Å². The molecule has 0 aliphatic heterocycles. The number of carbonyl (C=O) groups is 1. The van der Waals surface area contributed by atoms with Crippen LogP contribution in [0, 0.1) is 19.8 Å². The summed E-state index contributed by atoms with van der Waals surface area (Å²) in [6, 6.07) is 17.9. The Morgan fingerprint density at radius 1 is 1.09 bits per heavy atom. The van der Waals surface area contributed by atoms with Crippen molar-refractivity contribution in [3.63, 3.8) is 0 Å². The summed E-state index contributed by atoms with van der Waals surface area (Å²) in [5.74, 6) is 1.16. The summed E-state index contributed by atoms with van der Waals surface area (Å²) in [6.45, 7) is 4.15. The fourth-order valence-electron chi connectivity index (χ4n) is 4.34. The van der Waals surface area contributed by atoms with E-state index in [2.05, 4.69) is 32.4 Å². The van der Waals surface area contributed by atoms with Crippen LogP contribution in [-0.2, 0) is 10.2 Å². The Labute approximate surface area is 186 Å². The third-order valence-electron chi connectivity index (χ3n) is 6.22. The molecule has 2 heterocycles. The summed E-state index contributed by atoms with van der Waals surface area (Å²) < 4.78 is 6.16. The second-order valence-corrected chi connectivity index (χ2v) is 8.33. The van der Waals surface area contributed by atoms with E-state index in [0.717, 1.165) is 34.1 Å². The molecule has 6 heteroatoms. The molecule has 1 amide bonds. The summed E-state index contributed by atoms with van der Waals surface area (Å²) in [5, 5.41) is 5.10. The van der Waals surface area contributed by atoms with Gasteiger partial charge in [0.15, 0.2) is 5.75 Å². The second kappa shape index (κ2) is 8.04. The van der Waals surface area contributed by atoms with Gasteiger partial charge in [-0.05, 0) is 43.4 Å². The number of hydrogen-bond acceptors (Lipinski definition) is 5. The van der Waals surface area contributed by atoms with Crippen LogP contribution in [0.4, 0.5) is 5.69 Å². The van der Waals surface area contributed by atoms with Crippen molar-refractivity contribution < 1.29 is 9.53 Å². The lowest BCUT2D eigenvalue weighted by Gasteiger charge is -2.20. The normalized spacial score (nSPS) is 19.5. The first-order chi connectivity index (χ1) is 15.6. The summed E-state index contributed by atoms with van der Waals surface area (Å²) in [7, 11) is 0. The number of carbonyl (C=O) groups excluding carboxylic acids is 1. The number of anilines is 1. The number of fused-ring (bicyclic) bond motifs is 1. The molecular formula is C26H24N4O2. The van der Waals surface area contributed by atoms with Crippen molar-refractivity contribution in [1.82, 2.24) is 15.0 Å². The molecule has 1 saturated carbocycles. The topological polar surface area (TPSA) is 77.0 Å². The minimum Gasteiger partial charge on any atom is -0.489 e. The van der Waals surface area contributed by atoms with Crippen molar-refractivity contribution in [3.05, 3.63) is 90.3 Å². The maximum absolute atomic E-state index is 13.3. The molecule has 4 aromatic rings. The van der Waals surface area contributed by atoms with Gasteiger partial charge in [0.2, 0.25) is 5.91 Å². The van der Waals surface area contributed by atoms with Crippen molar-refractivity contribution in [2.24, 2.45) is 5.92 Å². The van der Waals surface area contributed by atoms with E-state index < -0.39 is 0 Å². The van der Waals surface area contributed by atoms with Crippen molar-refractivity contribution in [1.29, 1.82) is 0 Å². The maximum Gasteiger partial charge on any atom is 0.228 e. The first-order valence-corrected chi connectivity index (χ1v) is 10.7. The number of amides is 1. The SMILES string of the molecule is Cc1ncc(OC[C@@]2(c3ccccc3)C[C@H]2C(=O)Nc2cccc3ccncc23)c(C)n1. The molecule has 160 valence electrons. The lowest BCUT2D eigenvalue weighted by Crippen LogP contribution is -2.26. The van der Waals surface area contributed by atoms with Crippen LogP contribution < -0.4 is 10.1 Å². The Balaban J connectivity index is 1.40. The first-order valence-electron chi connectivity index (χ1n) is 10.7. The van der Waals surface area contributed by atoms with E-state index in [4.69, 9.17) is 4.74 Å². The molecule has 5 rings (SSSR count). The molecule has 0 unspecified atom stereocenters. The third kappa shape index (κ3) is 3.68. The van der Waals surface area contributed by atoms with E-state index in [1.807, 2.05) is 56.3 Å². The van der Waals surface area contributed by atoms with Crippen LogP contribution in [0.2, 0.25) is 0 Å². The lowest BCUT2D eigenvalue weighted by atomic mass is 9.93. The fraction of sp³-hybridized carbons (Fsp3) is 0.231. The fourth-order valence-corrected chi connectivity index (χ4v) is 4.34. The van der Waals surface area contributed by atoms with Crippen LogP contribution in [-0.4, -0.2) is 27.5 Å². The van der Waals surface area contributed by atoms with E-state index in [1.54, 1.807) is 18.6 Å². The van der Waals surface area contributed by atoms with Gasteiger partial charge in [-0.3, -0.25) is 9.78 Å². The number of benzene rings is 2. The minimum absolute atomic E-state index is 0.00863. The van der Waals surface area contributed by atoms with Crippen LogP contribution in [0.15, 0.2) is 73.2 Å². The number of ether oxygens (including phenoxy) is 1. The standard InChI is InChI=1S/C26H24N4O2/c1-17-24(15-28-18(2)29-17)32-16-26(20-8-4-3-5-9-20)13-22(26)25(31)30-23-10-6-7-19-11-12-27-14-21(19)23/h3-12,14-15,22H,13,16H2,1-2H3,(H,30,31)/t22-,26+/m0/s1. The number of pyridine rings is 1. The summed E-state index contributed by atoms with van der Waals surface area (Å²) in [4.78, 5) is 26.2. The molecular weight excluding hydrogens is 400 g/mol. The van der Waals surface area contributed by atoms with Gasteiger partial charge in [-0.25, -0.2) is 9.97 Å². The average molecular weight is 425 g/mol. The first kappa shape index (κ1) is 20.1. The predicted molar refractivity (Wildman–Crippen MR) is 124 cm³/mol. The van der Waals surface area contributed by atoms with Gasteiger partial charge in [0.05, 0.1) is 30.1 Å². The summed E-state index contributed by atoms with van der Waals surface area (Å²) >= 11 is 0. The molecule has 2 atom stereocenters. The molecule has 1 aliphatic carbocycles. The Morgan fingerprint density at radius 2 is 1.94 bits per heavy atom. The highest BCUT2D eigenvalue weighted by molar-refractivity contribution is 6.04. The Bertz CT molecular complexity index is 1290. The molecule has 6 nitrogen and oxygen atoms in total. The highest BCUT2D eigenvalue weighted by Gasteiger charge is 2.60. The van der Waals surface area contributed by atoms with Gasteiger partial charge in [-0.2, -0.15) is 0 Å². The van der Waals surface area contributed by atoms with Crippen LogP contribution >= 0.6 is 0 Å². The highest BCUT2D eigenvalue weighted by atomic mass is 16.5. The molecule has 2 aromatic carbocycles. The molecule has 0 radical (unpaired) electrons. The van der Waals surface area contributed by atoms with Crippen molar-refractivity contribution in [3.8, 4) is 5.75 Å². The van der Waals surface area contributed by atoms with Crippen LogP contribution in [0.1, 0.15) is 23.5 Å². The Hall–Kier alpha value is -3.80. The number of nitrogens with one attached hydrogen (secondary N) is 1. The molecule has 1 aliphatic rings. The van der Waals surface area contributed by atoms with E-state index in [1.165, 1.54) is 0 Å². The molecule has 0 spiro atoms. The van der Waals surface area contributed by atoms with Gasteiger partial charge >= 0.3 is 0 Å². The number of hydrogen-bond donors (Lipinski definition) is 1. The van der Waals surface area contributed by atoms with Crippen LogP contribution in [0.25, 0.3) is 10.8 Å². The number of rotatable bonds is 6. The molecule has 1 N–H and O–H groups in total. The number of aryl methyl sites for hydroxylation is 2. The molecule has 2 aromatic heterocycles. The lowest BCUT2D eigenvalue weighted by molar-refractivity contribution is -0.117. The Morgan fingerprint density at radius 3 is 2.75 bits per heavy atom. The van der Waals surface area contributed by atoms with Crippen LogP contribution in [0.3, 0.4) is 0 Å². The molecule has 32 heavy (non-hydrogen) atoms. The third-order valence-corrected chi connectivity index (χ3v) is 6.22. The van der Waals surface area contributed by atoms with Gasteiger partial charge in [0, 0.05) is 23.2 Å². The smallest absolute Gasteiger partial charge is 0.228 e. The van der Waals surface area contributed by atoms with E-state index in [9.17, 15) is 4.79 Å². The minimum atomic E-state index is -0.383. The molecule has 1 fully saturated rings. The average Bonchev–Trinajstić information content (AvgIpc) is 3.55. The van der Waals surface area contributed by atoms with Gasteiger partial charge in [-0.1, -0.05) is 42.5 Å². The number of aromatic nitrogens is 3. The monoisotopic (exact) mass is 424 g/mol. The zero-order chi connectivity index (χ0) is 22.1. The zero-order valence-corrected chi connectivity index (χ0v) is 18.1. The van der Waals surface area contributed by atoms with Crippen LogP contribution in [0.5, 0.6) is 5.75 Å². The van der Waals surface area contributed by atoms with Gasteiger partial charge in [-0.15, -0.1) is 0 Å². The number of nitrogens with zero attached hydrogens (tertiary/aromatic N) is 3. The molecule has 0 saturated heterocycles. The quantitative estimate of drug-likeness (QED) is 0.489. The second-order valence-electron chi connectivity index (χ2n) is 8.33. The maximum atomic E-state index is 13.3. The van der Waals surface area contributed by atoms with E-state index in [-0.39, 0.29) is 17.2 Å². The van der Waals surface area contributed by atoms with Gasteiger partial charge in [0.25, 0.3) is 0 Å². The van der Waals surface area contributed by atoms with Gasteiger partial charge < -0.3 is 10.1 Å². The summed E-state index contributed by atoms with van der Waals surface area (Å²) in [5.41, 5.74) is 2.29. The predicted octanol–water partition coefficient (Wildman–Crippen LogP) is 4.62. The molecule has 0 bridgehead atoms. The summed E-state index contributed by atoms with van der Waals surface area (Å²) in [6.07, 6.45) is 5.96. The van der Waals surface area contributed by atoms with Crippen molar-refractivity contribution in [2.45, 2.75) is 25.7 Å². The van der Waals surface area contributed by atoms with Gasteiger partial charge in [0.1, 0.15) is 5.82 Å². The largest absolute Gasteiger partial charge is 0.489 e.